The lowest BCUT2D eigenvalue weighted by Gasteiger charge is -2.02. The van der Waals surface area contributed by atoms with Crippen LogP contribution in [0.1, 0.15) is 33.6 Å². The Morgan fingerprint density at radius 2 is 1.93 bits per heavy atom. The summed E-state index contributed by atoms with van der Waals surface area (Å²) in [4.78, 5) is 11.3. The van der Waals surface area contributed by atoms with Crippen molar-refractivity contribution in [2.45, 2.75) is 33.6 Å². The number of halogens is 1. The van der Waals surface area contributed by atoms with Crippen molar-refractivity contribution < 1.29 is 9.53 Å². The van der Waals surface area contributed by atoms with Crippen LogP contribution in [0.5, 0.6) is 0 Å². The number of esters is 1. The van der Waals surface area contributed by atoms with Crippen LogP contribution >= 0.6 is 11.8 Å². The maximum Gasteiger partial charge on any atom is 0.358 e. The van der Waals surface area contributed by atoms with Gasteiger partial charge in [0.15, 0.2) is 5.71 Å². The van der Waals surface area contributed by atoms with Gasteiger partial charge in [-0.15, -0.1) is 0 Å². The van der Waals surface area contributed by atoms with E-state index in [9.17, 15) is 4.79 Å². The topological polar surface area (TPSA) is 38.7 Å². The Bertz CT molecular complexity index is 241. The van der Waals surface area contributed by atoms with E-state index in [-0.39, 0.29) is 5.71 Å². The average molecular weight is 218 g/mol. The van der Waals surface area contributed by atoms with Gasteiger partial charge in [0.05, 0.1) is 6.61 Å². The summed E-state index contributed by atoms with van der Waals surface area (Å²) in [6, 6.07) is 0. The molecule has 0 heterocycles. The number of hydrogen-bond acceptors (Lipinski definition) is 3. The third-order valence-corrected chi connectivity index (χ3v) is 2.01. The van der Waals surface area contributed by atoms with Gasteiger partial charge in [0.2, 0.25) is 0 Å². The molecule has 0 aromatic carbocycles. The Morgan fingerprint density at radius 3 is 2.29 bits per heavy atom. The molecule has 3 nitrogen and oxygen atoms in total. The number of nitrogens with zero attached hydrogens (tertiary/aromatic N) is 1. The number of hydrogen-bond donors (Lipinski definition) is 0. The van der Waals surface area contributed by atoms with Crippen molar-refractivity contribution in [2.75, 3.05) is 6.61 Å². The quantitative estimate of drug-likeness (QED) is 0.525. The fourth-order valence-electron chi connectivity index (χ4n) is 0.970. The molecular formula is C10H16ClNO2. The third-order valence-electron chi connectivity index (χ3n) is 1.82. The number of allylic oxidation sites excluding steroid dienone is 1. The fourth-order valence-corrected chi connectivity index (χ4v) is 1.09. The highest BCUT2D eigenvalue weighted by molar-refractivity contribution is 6.45. The first-order valence-corrected chi connectivity index (χ1v) is 5.08. The minimum atomic E-state index is -0.470. The third kappa shape index (κ3) is 4.42. The lowest BCUT2D eigenvalue weighted by atomic mass is 10.1. The lowest BCUT2D eigenvalue weighted by Crippen LogP contribution is -2.15. The second kappa shape index (κ2) is 7.56. The summed E-state index contributed by atoms with van der Waals surface area (Å²) in [6.45, 7) is 6.11. The molecule has 0 radical (unpaired) electrons. The van der Waals surface area contributed by atoms with E-state index in [0.717, 1.165) is 18.4 Å². The summed E-state index contributed by atoms with van der Waals surface area (Å²) in [5, 5.41) is 0. The zero-order chi connectivity index (χ0) is 11.0. The summed E-state index contributed by atoms with van der Waals surface area (Å²) >= 11 is 5.30. The molecule has 80 valence electrons. The summed E-state index contributed by atoms with van der Waals surface area (Å²) < 4.78 is 8.17. The standard InChI is InChI=1S/C10H16ClNO2/c1-4-8(5-2)7-9(12-11)10(13)14-6-3/h7H,4-6H2,1-3H3/b12-9+. The summed E-state index contributed by atoms with van der Waals surface area (Å²) in [5.41, 5.74) is 1.30. The van der Waals surface area contributed by atoms with Gasteiger partial charge in [-0.2, -0.15) is 4.51 Å². The zero-order valence-electron chi connectivity index (χ0n) is 8.84. The molecule has 0 N–H and O–H groups in total. The number of carbonyl (C=O) groups excluding carboxylic acids is 1. The van der Waals surface area contributed by atoms with Crippen LogP contribution < -0.4 is 0 Å². The van der Waals surface area contributed by atoms with E-state index in [4.69, 9.17) is 16.5 Å². The van der Waals surface area contributed by atoms with Crippen molar-refractivity contribution in [2.24, 2.45) is 4.51 Å². The Labute approximate surface area is 89.9 Å². The van der Waals surface area contributed by atoms with E-state index in [2.05, 4.69) is 4.51 Å². The Balaban J connectivity index is 4.58. The molecule has 14 heavy (non-hydrogen) atoms. The molecule has 0 saturated carbocycles. The minimum absolute atomic E-state index is 0.173. The van der Waals surface area contributed by atoms with Crippen LogP contribution in [0.2, 0.25) is 0 Å². The predicted molar refractivity (Wildman–Crippen MR) is 58.6 cm³/mol. The smallest absolute Gasteiger partial charge is 0.358 e. The molecular weight excluding hydrogens is 202 g/mol. The summed E-state index contributed by atoms with van der Waals surface area (Å²) in [7, 11) is 0. The maximum absolute atomic E-state index is 11.3. The van der Waals surface area contributed by atoms with Gasteiger partial charge in [0.25, 0.3) is 0 Å². The van der Waals surface area contributed by atoms with E-state index in [1.54, 1.807) is 13.0 Å². The highest BCUT2D eigenvalue weighted by Gasteiger charge is 2.09. The van der Waals surface area contributed by atoms with E-state index in [1.165, 1.54) is 0 Å². The SMILES string of the molecule is CCOC(=O)/C(C=C(CC)CC)=N/Cl. The van der Waals surface area contributed by atoms with Crippen LogP contribution in [-0.2, 0) is 9.53 Å². The molecule has 0 aromatic heterocycles. The number of ether oxygens (including phenoxy) is 1. The first-order chi connectivity index (χ1) is 6.69. The molecule has 0 saturated heterocycles. The van der Waals surface area contributed by atoms with E-state index >= 15 is 0 Å². The second-order valence-electron chi connectivity index (χ2n) is 2.70. The first kappa shape index (κ1) is 13.2. The molecule has 0 spiro atoms. The van der Waals surface area contributed by atoms with Crippen LogP contribution in [0.3, 0.4) is 0 Å². The lowest BCUT2D eigenvalue weighted by molar-refractivity contribution is -0.134. The van der Waals surface area contributed by atoms with Crippen molar-refractivity contribution in [1.29, 1.82) is 0 Å². The molecule has 0 unspecified atom stereocenters. The highest BCUT2D eigenvalue weighted by Crippen LogP contribution is 2.06. The van der Waals surface area contributed by atoms with E-state index < -0.39 is 5.97 Å². The zero-order valence-corrected chi connectivity index (χ0v) is 9.60. The van der Waals surface area contributed by atoms with Gasteiger partial charge < -0.3 is 4.74 Å². The van der Waals surface area contributed by atoms with Crippen LogP contribution in [-0.4, -0.2) is 18.3 Å². The van der Waals surface area contributed by atoms with Crippen molar-refractivity contribution >= 4 is 23.5 Å². The normalized spacial score (nSPS) is 11.0. The van der Waals surface area contributed by atoms with E-state index in [1.807, 2.05) is 13.8 Å². The molecule has 0 aliphatic heterocycles. The average Bonchev–Trinajstić information content (AvgIpc) is 2.20. The molecule has 0 atom stereocenters. The largest absolute Gasteiger partial charge is 0.461 e. The highest BCUT2D eigenvalue weighted by atomic mass is 35.5. The Morgan fingerprint density at radius 1 is 1.36 bits per heavy atom. The molecule has 0 amide bonds. The first-order valence-electron chi connectivity index (χ1n) is 4.75. The molecule has 0 aliphatic rings. The van der Waals surface area contributed by atoms with Gasteiger partial charge >= 0.3 is 5.97 Å². The van der Waals surface area contributed by atoms with Crippen molar-refractivity contribution in [3.63, 3.8) is 0 Å². The monoisotopic (exact) mass is 217 g/mol. The molecule has 0 aromatic rings. The Hall–Kier alpha value is -0.830. The molecule has 0 rings (SSSR count). The minimum Gasteiger partial charge on any atom is -0.461 e. The predicted octanol–water partition coefficient (Wildman–Crippen LogP) is 2.89. The van der Waals surface area contributed by atoms with Gasteiger partial charge in [0, 0.05) is 11.8 Å². The van der Waals surface area contributed by atoms with E-state index in [0.29, 0.717) is 6.61 Å². The van der Waals surface area contributed by atoms with Gasteiger partial charge in [-0.25, -0.2) is 4.79 Å². The Kier molecular flexibility index (Phi) is 7.11. The van der Waals surface area contributed by atoms with Crippen molar-refractivity contribution in [3.8, 4) is 0 Å². The second-order valence-corrected chi connectivity index (χ2v) is 2.87. The molecule has 0 aliphatic carbocycles. The van der Waals surface area contributed by atoms with Gasteiger partial charge in [-0.3, -0.25) is 0 Å². The number of rotatable bonds is 5. The van der Waals surface area contributed by atoms with Crippen LogP contribution in [0.15, 0.2) is 16.2 Å². The molecule has 0 fully saturated rings. The van der Waals surface area contributed by atoms with Crippen LogP contribution in [0.4, 0.5) is 0 Å². The maximum atomic E-state index is 11.3. The van der Waals surface area contributed by atoms with Gasteiger partial charge in [0.1, 0.15) is 0 Å². The van der Waals surface area contributed by atoms with Gasteiger partial charge in [-0.05, 0) is 25.8 Å². The summed E-state index contributed by atoms with van der Waals surface area (Å²) in [6.07, 6.45) is 3.45. The molecule has 4 heteroatoms. The van der Waals surface area contributed by atoms with Crippen molar-refractivity contribution in [1.82, 2.24) is 0 Å². The summed E-state index contributed by atoms with van der Waals surface area (Å²) in [5.74, 6) is -0.470. The fraction of sp³-hybridized carbons (Fsp3) is 0.600. The molecule has 0 bridgehead atoms. The van der Waals surface area contributed by atoms with Crippen LogP contribution in [0, 0.1) is 0 Å². The van der Waals surface area contributed by atoms with Crippen LogP contribution in [0.25, 0.3) is 0 Å². The number of carbonyl (C=O) groups is 1. The van der Waals surface area contributed by atoms with Crippen molar-refractivity contribution in [3.05, 3.63) is 11.6 Å². The van der Waals surface area contributed by atoms with Gasteiger partial charge in [-0.1, -0.05) is 19.4 Å².